The van der Waals surface area contributed by atoms with Gasteiger partial charge in [0.05, 0.1) is 25.2 Å². The largest absolute Gasteiger partial charge is 0.424 e. The Labute approximate surface area is 159 Å². The third-order valence-electron chi connectivity index (χ3n) is 4.99. The molecule has 0 bridgehead atoms. The molecule has 1 aliphatic heterocycles. The SMILES string of the molecule is Cc1cc(CN2CCN(Cc3nnc(Cc4ccccc4C)o3)CC2)on1. The van der Waals surface area contributed by atoms with E-state index in [0.29, 0.717) is 24.7 Å². The Morgan fingerprint density at radius 2 is 1.63 bits per heavy atom. The summed E-state index contributed by atoms with van der Waals surface area (Å²) in [6.07, 6.45) is 0.685. The third-order valence-corrected chi connectivity index (χ3v) is 4.99. The van der Waals surface area contributed by atoms with E-state index in [9.17, 15) is 0 Å². The summed E-state index contributed by atoms with van der Waals surface area (Å²) in [5.41, 5.74) is 3.40. The summed E-state index contributed by atoms with van der Waals surface area (Å²) in [5, 5.41) is 12.4. The molecule has 1 saturated heterocycles. The quantitative estimate of drug-likeness (QED) is 0.663. The molecular weight excluding hydrogens is 342 g/mol. The number of aryl methyl sites for hydroxylation is 2. The second kappa shape index (κ2) is 8.02. The molecule has 0 atom stereocenters. The van der Waals surface area contributed by atoms with E-state index in [4.69, 9.17) is 8.94 Å². The first-order chi connectivity index (χ1) is 13.2. The van der Waals surface area contributed by atoms with E-state index in [0.717, 1.165) is 44.2 Å². The fourth-order valence-corrected chi connectivity index (χ4v) is 3.40. The average molecular weight is 367 g/mol. The van der Waals surface area contributed by atoms with Gasteiger partial charge in [-0.05, 0) is 25.0 Å². The molecule has 1 aromatic carbocycles. The first-order valence-corrected chi connectivity index (χ1v) is 9.38. The third kappa shape index (κ3) is 4.61. The Balaban J connectivity index is 1.27. The zero-order valence-electron chi connectivity index (χ0n) is 15.9. The van der Waals surface area contributed by atoms with E-state index in [-0.39, 0.29) is 0 Å². The number of hydrogen-bond donors (Lipinski definition) is 0. The predicted octanol–water partition coefficient (Wildman–Crippen LogP) is 2.58. The minimum atomic E-state index is 0.679. The van der Waals surface area contributed by atoms with Crippen LogP contribution >= 0.6 is 0 Å². The molecule has 3 heterocycles. The molecule has 4 rings (SSSR count). The van der Waals surface area contributed by atoms with E-state index >= 15 is 0 Å². The zero-order valence-corrected chi connectivity index (χ0v) is 15.9. The molecule has 0 saturated carbocycles. The average Bonchev–Trinajstić information content (AvgIpc) is 3.27. The smallest absolute Gasteiger partial charge is 0.230 e. The molecule has 0 spiro atoms. The molecule has 0 amide bonds. The molecule has 3 aromatic rings. The van der Waals surface area contributed by atoms with Crippen LogP contribution in [0.4, 0.5) is 0 Å². The van der Waals surface area contributed by atoms with Crippen LogP contribution in [0.3, 0.4) is 0 Å². The number of rotatable bonds is 6. The number of nitrogens with zero attached hydrogens (tertiary/aromatic N) is 5. The van der Waals surface area contributed by atoms with Crippen molar-refractivity contribution in [1.29, 1.82) is 0 Å². The minimum absolute atomic E-state index is 0.679. The van der Waals surface area contributed by atoms with Crippen molar-refractivity contribution in [2.45, 2.75) is 33.4 Å². The van der Waals surface area contributed by atoms with Gasteiger partial charge in [-0.15, -0.1) is 10.2 Å². The lowest BCUT2D eigenvalue weighted by molar-refractivity contribution is 0.106. The van der Waals surface area contributed by atoms with Crippen molar-refractivity contribution >= 4 is 0 Å². The number of benzene rings is 1. The van der Waals surface area contributed by atoms with Crippen molar-refractivity contribution < 1.29 is 8.94 Å². The maximum Gasteiger partial charge on any atom is 0.230 e. The van der Waals surface area contributed by atoms with E-state index in [2.05, 4.69) is 44.2 Å². The van der Waals surface area contributed by atoms with E-state index in [1.165, 1.54) is 11.1 Å². The molecule has 1 fully saturated rings. The Hall–Kier alpha value is -2.51. The zero-order chi connectivity index (χ0) is 18.6. The molecule has 7 nitrogen and oxygen atoms in total. The lowest BCUT2D eigenvalue weighted by Crippen LogP contribution is -2.45. The van der Waals surface area contributed by atoms with Gasteiger partial charge in [-0.3, -0.25) is 9.80 Å². The van der Waals surface area contributed by atoms with Gasteiger partial charge in [0.1, 0.15) is 0 Å². The molecule has 0 radical (unpaired) electrons. The van der Waals surface area contributed by atoms with Crippen LogP contribution in [0.2, 0.25) is 0 Å². The normalized spacial score (nSPS) is 16.1. The van der Waals surface area contributed by atoms with Crippen LogP contribution in [0.1, 0.15) is 34.4 Å². The van der Waals surface area contributed by atoms with Gasteiger partial charge in [-0.25, -0.2) is 0 Å². The predicted molar refractivity (Wildman–Crippen MR) is 100 cm³/mol. The Morgan fingerprint density at radius 1 is 0.926 bits per heavy atom. The summed E-state index contributed by atoms with van der Waals surface area (Å²) < 4.78 is 11.2. The molecule has 1 aliphatic rings. The minimum Gasteiger partial charge on any atom is -0.424 e. The van der Waals surface area contributed by atoms with Gasteiger partial charge in [0.15, 0.2) is 5.76 Å². The van der Waals surface area contributed by atoms with Crippen LogP contribution < -0.4 is 0 Å². The van der Waals surface area contributed by atoms with Crippen molar-refractivity contribution in [3.8, 4) is 0 Å². The number of piperazine rings is 1. The fraction of sp³-hybridized carbons (Fsp3) is 0.450. The fourth-order valence-electron chi connectivity index (χ4n) is 3.40. The molecule has 0 N–H and O–H groups in total. The molecule has 142 valence electrons. The molecule has 27 heavy (non-hydrogen) atoms. The topological polar surface area (TPSA) is 71.4 Å². The lowest BCUT2D eigenvalue weighted by Gasteiger charge is -2.33. The van der Waals surface area contributed by atoms with Crippen LogP contribution in [0, 0.1) is 13.8 Å². The maximum atomic E-state index is 5.87. The van der Waals surface area contributed by atoms with Crippen molar-refractivity contribution in [2.24, 2.45) is 0 Å². The standard InChI is InChI=1S/C20H25N5O2/c1-15-5-3-4-6-17(15)12-19-21-22-20(26-19)14-25-9-7-24(8-10-25)13-18-11-16(2)23-27-18/h3-6,11H,7-10,12-14H2,1-2H3. The molecule has 7 heteroatoms. The number of aromatic nitrogens is 3. The molecule has 0 unspecified atom stereocenters. The number of hydrogen-bond acceptors (Lipinski definition) is 7. The lowest BCUT2D eigenvalue weighted by atomic mass is 10.1. The summed E-state index contributed by atoms with van der Waals surface area (Å²) in [4.78, 5) is 4.74. The summed E-state index contributed by atoms with van der Waals surface area (Å²) in [6, 6.07) is 10.3. The van der Waals surface area contributed by atoms with Crippen LogP contribution in [0.25, 0.3) is 0 Å². The highest BCUT2D eigenvalue weighted by Gasteiger charge is 2.20. The molecule has 0 aliphatic carbocycles. The van der Waals surface area contributed by atoms with Crippen LogP contribution in [0.5, 0.6) is 0 Å². The summed E-state index contributed by atoms with van der Waals surface area (Å²) >= 11 is 0. The van der Waals surface area contributed by atoms with Gasteiger partial charge in [-0.1, -0.05) is 29.4 Å². The van der Waals surface area contributed by atoms with Crippen LogP contribution in [0.15, 0.2) is 39.3 Å². The highest BCUT2D eigenvalue weighted by Crippen LogP contribution is 2.15. The van der Waals surface area contributed by atoms with Crippen molar-refractivity contribution in [3.05, 3.63) is 64.7 Å². The summed E-state index contributed by atoms with van der Waals surface area (Å²) in [5.74, 6) is 2.30. The Kier molecular flexibility index (Phi) is 5.31. The van der Waals surface area contributed by atoms with Crippen LogP contribution in [-0.2, 0) is 19.5 Å². The highest BCUT2D eigenvalue weighted by atomic mass is 16.5. The second-order valence-electron chi connectivity index (χ2n) is 7.18. The maximum absolute atomic E-state index is 5.87. The van der Waals surface area contributed by atoms with Gasteiger partial charge < -0.3 is 8.94 Å². The van der Waals surface area contributed by atoms with Gasteiger partial charge in [0.2, 0.25) is 11.8 Å². The van der Waals surface area contributed by atoms with Gasteiger partial charge in [-0.2, -0.15) is 0 Å². The van der Waals surface area contributed by atoms with Crippen molar-refractivity contribution in [2.75, 3.05) is 26.2 Å². The van der Waals surface area contributed by atoms with Gasteiger partial charge >= 0.3 is 0 Å². The van der Waals surface area contributed by atoms with Gasteiger partial charge in [0, 0.05) is 32.2 Å². The first-order valence-electron chi connectivity index (χ1n) is 9.38. The van der Waals surface area contributed by atoms with Crippen molar-refractivity contribution in [1.82, 2.24) is 25.2 Å². The monoisotopic (exact) mass is 367 g/mol. The molecule has 2 aromatic heterocycles. The summed E-state index contributed by atoms with van der Waals surface area (Å²) in [6.45, 7) is 9.50. The second-order valence-corrected chi connectivity index (χ2v) is 7.18. The first kappa shape index (κ1) is 17.9. The Morgan fingerprint density at radius 3 is 2.33 bits per heavy atom. The van der Waals surface area contributed by atoms with Gasteiger partial charge in [0.25, 0.3) is 0 Å². The van der Waals surface area contributed by atoms with E-state index in [1.807, 2.05) is 25.1 Å². The highest BCUT2D eigenvalue weighted by molar-refractivity contribution is 5.27. The van der Waals surface area contributed by atoms with E-state index < -0.39 is 0 Å². The van der Waals surface area contributed by atoms with Crippen molar-refractivity contribution in [3.63, 3.8) is 0 Å². The molecular formula is C20H25N5O2. The Bertz CT molecular complexity index is 880. The van der Waals surface area contributed by atoms with Crippen LogP contribution in [-0.4, -0.2) is 51.3 Å². The van der Waals surface area contributed by atoms with E-state index in [1.54, 1.807) is 0 Å². The summed E-state index contributed by atoms with van der Waals surface area (Å²) in [7, 11) is 0.